The summed E-state index contributed by atoms with van der Waals surface area (Å²) in [7, 11) is 0. The van der Waals surface area contributed by atoms with Gasteiger partial charge in [0.2, 0.25) is 0 Å². The summed E-state index contributed by atoms with van der Waals surface area (Å²) in [6, 6.07) is 3.83. The quantitative estimate of drug-likeness (QED) is 0.696. The highest BCUT2D eigenvalue weighted by atomic mass is 16.3. The minimum absolute atomic E-state index is 0.0238. The van der Waals surface area contributed by atoms with Crippen molar-refractivity contribution >= 4 is 11.0 Å². The molecule has 1 atom stereocenters. The standard InChI is InChI=1S/C9H10N2O/c1-6(10)8-4-7-2-3-12-9(7)5-11-8/h2-6H,10H2,1H3. The van der Waals surface area contributed by atoms with Crippen LogP contribution in [0.4, 0.5) is 0 Å². The topological polar surface area (TPSA) is 52.0 Å². The highest BCUT2D eigenvalue weighted by Gasteiger charge is 2.03. The van der Waals surface area contributed by atoms with Crippen molar-refractivity contribution in [2.75, 3.05) is 0 Å². The first-order valence-corrected chi connectivity index (χ1v) is 3.86. The van der Waals surface area contributed by atoms with E-state index in [4.69, 9.17) is 10.2 Å². The SMILES string of the molecule is CC(N)c1cc2ccoc2cn1. The third-order valence-corrected chi connectivity index (χ3v) is 1.83. The van der Waals surface area contributed by atoms with E-state index < -0.39 is 0 Å². The molecule has 0 aliphatic rings. The third-order valence-electron chi connectivity index (χ3n) is 1.83. The highest BCUT2D eigenvalue weighted by molar-refractivity contribution is 5.76. The summed E-state index contributed by atoms with van der Waals surface area (Å²) in [5.74, 6) is 0. The monoisotopic (exact) mass is 162 g/mol. The number of aromatic nitrogens is 1. The molecular weight excluding hydrogens is 152 g/mol. The predicted molar refractivity (Wildman–Crippen MR) is 46.6 cm³/mol. The van der Waals surface area contributed by atoms with Crippen molar-refractivity contribution in [2.24, 2.45) is 5.73 Å². The molecule has 0 fully saturated rings. The molecule has 0 bridgehead atoms. The normalized spacial score (nSPS) is 13.5. The lowest BCUT2D eigenvalue weighted by Gasteiger charge is -2.02. The van der Waals surface area contributed by atoms with Gasteiger partial charge in [0.05, 0.1) is 18.2 Å². The van der Waals surface area contributed by atoms with Crippen LogP contribution in [0.25, 0.3) is 11.0 Å². The van der Waals surface area contributed by atoms with E-state index in [2.05, 4.69) is 4.98 Å². The smallest absolute Gasteiger partial charge is 0.152 e. The van der Waals surface area contributed by atoms with Crippen LogP contribution in [0.3, 0.4) is 0 Å². The second-order valence-electron chi connectivity index (χ2n) is 2.86. The Morgan fingerprint density at radius 1 is 1.58 bits per heavy atom. The van der Waals surface area contributed by atoms with Crippen molar-refractivity contribution in [1.82, 2.24) is 4.98 Å². The van der Waals surface area contributed by atoms with Gasteiger partial charge >= 0.3 is 0 Å². The fourth-order valence-corrected chi connectivity index (χ4v) is 1.13. The molecule has 0 saturated heterocycles. The largest absolute Gasteiger partial charge is 0.463 e. The second-order valence-corrected chi connectivity index (χ2v) is 2.86. The molecule has 2 aromatic rings. The number of pyridine rings is 1. The molecule has 0 spiro atoms. The van der Waals surface area contributed by atoms with E-state index in [1.165, 1.54) is 0 Å². The molecular formula is C9H10N2O. The van der Waals surface area contributed by atoms with Gasteiger partial charge in [0.1, 0.15) is 0 Å². The summed E-state index contributed by atoms with van der Waals surface area (Å²) < 4.78 is 5.15. The molecule has 2 N–H and O–H groups in total. The van der Waals surface area contributed by atoms with Gasteiger partial charge in [-0.15, -0.1) is 0 Å². The summed E-state index contributed by atoms with van der Waals surface area (Å²) in [5.41, 5.74) is 7.38. The molecule has 3 nitrogen and oxygen atoms in total. The van der Waals surface area contributed by atoms with Gasteiger partial charge in [0.25, 0.3) is 0 Å². The van der Waals surface area contributed by atoms with Gasteiger partial charge in [-0.3, -0.25) is 4.98 Å². The van der Waals surface area contributed by atoms with E-state index in [0.29, 0.717) is 0 Å². The molecule has 2 heterocycles. The molecule has 62 valence electrons. The minimum atomic E-state index is -0.0238. The van der Waals surface area contributed by atoms with E-state index in [1.54, 1.807) is 12.5 Å². The van der Waals surface area contributed by atoms with Crippen molar-refractivity contribution in [3.63, 3.8) is 0 Å². The van der Waals surface area contributed by atoms with E-state index in [9.17, 15) is 0 Å². The first-order chi connectivity index (χ1) is 5.77. The Balaban J connectivity index is 2.60. The molecule has 0 amide bonds. The fraction of sp³-hybridized carbons (Fsp3) is 0.222. The zero-order valence-corrected chi connectivity index (χ0v) is 6.82. The summed E-state index contributed by atoms with van der Waals surface area (Å²) in [6.07, 6.45) is 3.35. The lowest BCUT2D eigenvalue weighted by Crippen LogP contribution is -2.06. The lowest BCUT2D eigenvalue weighted by molar-refractivity contribution is 0.613. The molecule has 2 aromatic heterocycles. The van der Waals surface area contributed by atoms with Gasteiger partial charge in [0.15, 0.2) is 5.58 Å². The van der Waals surface area contributed by atoms with Crippen LogP contribution in [-0.2, 0) is 0 Å². The number of rotatable bonds is 1. The van der Waals surface area contributed by atoms with Crippen LogP contribution in [0.5, 0.6) is 0 Å². The second kappa shape index (κ2) is 2.60. The molecule has 1 unspecified atom stereocenters. The summed E-state index contributed by atoms with van der Waals surface area (Å²) >= 11 is 0. The van der Waals surface area contributed by atoms with Crippen molar-refractivity contribution in [3.05, 3.63) is 30.3 Å². The van der Waals surface area contributed by atoms with Gasteiger partial charge in [-0.05, 0) is 19.1 Å². The molecule has 0 saturated carbocycles. The van der Waals surface area contributed by atoms with Crippen LogP contribution >= 0.6 is 0 Å². The molecule has 0 radical (unpaired) electrons. The Morgan fingerprint density at radius 2 is 2.42 bits per heavy atom. The van der Waals surface area contributed by atoms with E-state index in [1.807, 2.05) is 19.1 Å². The molecule has 0 aliphatic heterocycles. The number of hydrogen-bond acceptors (Lipinski definition) is 3. The fourth-order valence-electron chi connectivity index (χ4n) is 1.13. The Hall–Kier alpha value is -1.35. The van der Waals surface area contributed by atoms with E-state index in [-0.39, 0.29) is 6.04 Å². The Labute approximate surface area is 70.2 Å². The Bertz CT molecular complexity index is 392. The first kappa shape index (κ1) is 7.31. The number of nitrogens with zero attached hydrogens (tertiary/aromatic N) is 1. The van der Waals surface area contributed by atoms with E-state index >= 15 is 0 Å². The molecule has 12 heavy (non-hydrogen) atoms. The van der Waals surface area contributed by atoms with Gasteiger partial charge < -0.3 is 10.2 Å². The highest BCUT2D eigenvalue weighted by Crippen LogP contribution is 2.17. The van der Waals surface area contributed by atoms with Gasteiger partial charge in [-0.25, -0.2) is 0 Å². The van der Waals surface area contributed by atoms with Crippen LogP contribution < -0.4 is 5.73 Å². The average molecular weight is 162 g/mol. The zero-order valence-electron chi connectivity index (χ0n) is 6.82. The van der Waals surface area contributed by atoms with Crippen LogP contribution in [0.15, 0.2) is 29.0 Å². The predicted octanol–water partition coefficient (Wildman–Crippen LogP) is 1.85. The number of furan rings is 1. The van der Waals surface area contributed by atoms with Crippen LogP contribution in [0.1, 0.15) is 18.7 Å². The number of nitrogens with two attached hydrogens (primary N) is 1. The number of hydrogen-bond donors (Lipinski definition) is 1. The average Bonchev–Trinajstić information content (AvgIpc) is 2.49. The first-order valence-electron chi connectivity index (χ1n) is 3.86. The Morgan fingerprint density at radius 3 is 3.17 bits per heavy atom. The summed E-state index contributed by atoms with van der Waals surface area (Å²) in [4.78, 5) is 4.16. The zero-order chi connectivity index (χ0) is 8.55. The summed E-state index contributed by atoms with van der Waals surface area (Å²) in [5, 5.41) is 1.05. The van der Waals surface area contributed by atoms with Crippen molar-refractivity contribution in [2.45, 2.75) is 13.0 Å². The van der Waals surface area contributed by atoms with Crippen LogP contribution in [0, 0.1) is 0 Å². The van der Waals surface area contributed by atoms with Crippen molar-refractivity contribution in [1.29, 1.82) is 0 Å². The number of fused-ring (bicyclic) bond motifs is 1. The van der Waals surface area contributed by atoms with Gasteiger partial charge in [-0.1, -0.05) is 0 Å². The Kier molecular flexibility index (Phi) is 1.59. The maximum Gasteiger partial charge on any atom is 0.152 e. The van der Waals surface area contributed by atoms with Crippen molar-refractivity contribution in [3.8, 4) is 0 Å². The molecule has 2 rings (SSSR count). The van der Waals surface area contributed by atoms with Crippen LogP contribution in [0.2, 0.25) is 0 Å². The third kappa shape index (κ3) is 1.08. The van der Waals surface area contributed by atoms with E-state index in [0.717, 1.165) is 16.7 Å². The molecule has 0 aliphatic carbocycles. The summed E-state index contributed by atoms with van der Waals surface area (Å²) in [6.45, 7) is 1.91. The molecule has 3 heteroatoms. The van der Waals surface area contributed by atoms with Gasteiger partial charge in [-0.2, -0.15) is 0 Å². The minimum Gasteiger partial charge on any atom is -0.463 e. The maximum atomic E-state index is 5.68. The maximum absolute atomic E-state index is 5.68. The molecule has 0 aromatic carbocycles. The van der Waals surface area contributed by atoms with Gasteiger partial charge in [0, 0.05) is 11.4 Å². The van der Waals surface area contributed by atoms with Crippen LogP contribution in [-0.4, -0.2) is 4.98 Å². The van der Waals surface area contributed by atoms with Crippen molar-refractivity contribution < 1.29 is 4.42 Å². The lowest BCUT2D eigenvalue weighted by atomic mass is 10.2.